The van der Waals surface area contributed by atoms with Crippen molar-refractivity contribution in [3.8, 4) is 5.75 Å². The number of amides is 1. The largest absolute Gasteiger partial charge is 0.484 e. The summed E-state index contributed by atoms with van der Waals surface area (Å²) >= 11 is 0. The van der Waals surface area contributed by atoms with Crippen LogP contribution in [0.1, 0.15) is 22.8 Å². The van der Waals surface area contributed by atoms with E-state index in [0.29, 0.717) is 17.0 Å². The third-order valence-corrected chi connectivity index (χ3v) is 3.69. The maximum absolute atomic E-state index is 12.9. The first-order chi connectivity index (χ1) is 12.6. The van der Waals surface area contributed by atoms with Gasteiger partial charge in [-0.3, -0.25) is 9.59 Å². The Balaban J connectivity index is 2.12. The Kier molecular flexibility index (Phi) is 6.09. The van der Waals surface area contributed by atoms with E-state index >= 15 is 0 Å². The van der Waals surface area contributed by atoms with Gasteiger partial charge >= 0.3 is 6.18 Å². The molecule has 0 aliphatic rings. The van der Waals surface area contributed by atoms with Crippen LogP contribution < -0.4 is 15.0 Å². The minimum atomic E-state index is -4.52. The molecule has 0 fully saturated rings. The van der Waals surface area contributed by atoms with Gasteiger partial charge in [0.15, 0.2) is 12.4 Å². The van der Waals surface area contributed by atoms with Crippen LogP contribution >= 0.6 is 0 Å². The van der Waals surface area contributed by atoms with Crippen LogP contribution in [0, 0.1) is 0 Å². The number of hydrogen-bond acceptors (Lipinski definition) is 4. The maximum Gasteiger partial charge on any atom is 0.416 e. The summed E-state index contributed by atoms with van der Waals surface area (Å²) in [5.74, 6) is -0.454. The van der Waals surface area contributed by atoms with Crippen LogP contribution in [0.2, 0.25) is 0 Å². The Morgan fingerprint density at radius 2 is 1.81 bits per heavy atom. The van der Waals surface area contributed by atoms with E-state index in [-0.39, 0.29) is 11.5 Å². The van der Waals surface area contributed by atoms with E-state index in [1.807, 2.05) is 0 Å². The lowest BCUT2D eigenvalue weighted by atomic mass is 10.1. The Morgan fingerprint density at radius 1 is 1.11 bits per heavy atom. The second-order valence-corrected chi connectivity index (χ2v) is 6.04. The Bertz CT molecular complexity index is 848. The molecule has 1 N–H and O–H groups in total. The number of nitrogens with zero attached hydrogens (tertiary/aromatic N) is 1. The highest BCUT2D eigenvalue weighted by molar-refractivity contribution is 5.96. The molecule has 0 radical (unpaired) electrons. The third kappa shape index (κ3) is 5.47. The smallest absolute Gasteiger partial charge is 0.416 e. The molecule has 0 saturated heterocycles. The Labute approximate surface area is 154 Å². The molecule has 1 amide bonds. The molecule has 0 heterocycles. The van der Waals surface area contributed by atoms with Crippen molar-refractivity contribution < 1.29 is 27.5 Å². The van der Waals surface area contributed by atoms with E-state index in [2.05, 4.69) is 5.32 Å². The fourth-order valence-corrected chi connectivity index (χ4v) is 2.34. The van der Waals surface area contributed by atoms with Crippen molar-refractivity contribution in [3.63, 3.8) is 0 Å². The van der Waals surface area contributed by atoms with Gasteiger partial charge in [-0.25, -0.2) is 0 Å². The van der Waals surface area contributed by atoms with Gasteiger partial charge in [-0.15, -0.1) is 0 Å². The summed E-state index contributed by atoms with van der Waals surface area (Å²) in [6.07, 6.45) is -4.52. The topological polar surface area (TPSA) is 58.6 Å². The molecule has 2 aromatic carbocycles. The molecular formula is C19H19F3N2O3. The van der Waals surface area contributed by atoms with Gasteiger partial charge in [0.25, 0.3) is 5.91 Å². The number of benzene rings is 2. The summed E-state index contributed by atoms with van der Waals surface area (Å²) in [5, 5.41) is 2.44. The highest BCUT2D eigenvalue weighted by atomic mass is 19.4. The third-order valence-electron chi connectivity index (χ3n) is 3.69. The molecule has 27 heavy (non-hydrogen) atoms. The standard InChI is InChI=1S/C19H19F3N2O3/c1-12(25)13-5-4-6-15(9-13)27-11-18(26)23-16-10-14(19(20,21)22)7-8-17(16)24(2)3/h4-10H,11H2,1-3H3,(H,23,26). The van der Waals surface area contributed by atoms with E-state index in [0.717, 1.165) is 12.1 Å². The molecule has 0 aliphatic heterocycles. The lowest BCUT2D eigenvalue weighted by molar-refractivity contribution is -0.137. The van der Waals surface area contributed by atoms with E-state index in [9.17, 15) is 22.8 Å². The predicted octanol–water partition coefficient (Wildman–Crippen LogP) is 3.99. The molecule has 0 atom stereocenters. The second-order valence-electron chi connectivity index (χ2n) is 6.04. The molecule has 8 heteroatoms. The molecule has 0 saturated carbocycles. The number of anilines is 2. The highest BCUT2D eigenvalue weighted by Crippen LogP contribution is 2.34. The first-order valence-corrected chi connectivity index (χ1v) is 8.00. The van der Waals surface area contributed by atoms with Crippen molar-refractivity contribution in [2.45, 2.75) is 13.1 Å². The summed E-state index contributed by atoms with van der Waals surface area (Å²) in [4.78, 5) is 25.1. The van der Waals surface area contributed by atoms with E-state index < -0.39 is 24.3 Å². The normalized spacial score (nSPS) is 11.0. The van der Waals surface area contributed by atoms with Crippen LogP contribution in [0.15, 0.2) is 42.5 Å². The number of ketones is 1. The van der Waals surface area contributed by atoms with Crippen LogP contribution in [0.25, 0.3) is 0 Å². The van der Waals surface area contributed by atoms with Gasteiger partial charge in [-0.2, -0.15) is 13.2 Å². The van der Waals surface area contributed by atoms with Crippen molar-refractivity contribution in [1.29, 1.82) is 0 Å². The zero-order valence-corrected chi connectivity index (χ0v) is 15.1. The van der Waals surface area contributed by atoms with E-state index in [4.69, 9.17) is 4.74 Å². The van der Waals surface area contributed by atoms with Gasteiger partial charge in [-0.05, 0) is 37.3 Å². The molecule has 0 aromatic heterocycles. The van der Waals surface area contributed by atoms with Gasteiger partial charge in [0.2, 0.25) is 0 Å². The van der Waals surface area contributed by atoms with Gasteiger partial charge in [0, 0.05) is 19.7 Å². The fourth-order valence-electron chi connectivity index (χ4n) is 2.34. The first kappa shape index (κ1) is 20.3. The fraction of sp³-hybridized carbons (Fsp3) is 0.263. The van der Waals surface area contributed by atoms with Crippen LogP contribution in [0.4, 0.5) is 24.5 Å². The van der Waals surface area contributed by atoms with Crippen LogP contribution in [-0.4, -0.2) is 32.4 Å². The minimum Gasteiger partial charge on any atom is -0.484 e. The SMILES string of the molecule is CC(=O)c1cccc(OCC(=O)Nc2cc(C(F)(F)F)ccc2N(C)C)c1. The zero-order valence-electron chi connectivity index (χ0n) is 15.1. The number of nitrogens with one attached hydrogen (secondary N) is 1. The van der Waals surface area contributed by atoms with Gasteiger partial charge in [0.05, 0.1) is 16.9 Å². The lowest BCUT2D eigenvalue weighted by Gasteiger charge is -2.20. The second kappa shape index (κ2) is 8.11. The number of halogens is 3. The number of Topliss-reactive ketones (excluding diaryl/α,β-unsaturated/α-hetero) is 1. The molecular weight excluding hydrogens is 361 g/mol. The van der Waals surface area contributed by atoms with E-state index in [1.54, 1.807) is 37.2 Å². The number of hydrogen-bond donors (Lipinski definition) is 1. The summed E-state index contributed by atoms with van der Waals surface area (Å²) in [6, 6.07) is 9.41. The number of carbonyl (C=O) groups excluding carboxylic acids is 2. The molecule has 0 unspecified atom stereocenters. The van der Waals surface area contributed by atoms with Crippen LogP contribution in [0.3, 0.4) is 0 Å². The summed E-state index contributed by atoms with van der Waals surface area (Å²) < 4.78 is 44.1. The monoisotopic (exact) mass is 380 g/mol. The Hall–Kier alpha value is -3.03. The van der Waals surface area contributed by atoms with Crippen LogP contribution in [0.5, 0.6) is 5.75 Å². The summed E-state index contributed by atoms with van der Waals surface area (Å²) in [7, 11) is 3.31. The van der Waals surface area contributed by atoms with Crippen molar-refractivity contribution in [2.24, 2.45) is 0 Å². The average molecular weight is 380 g/mol. The van der Waals surface area contributed by atoms with Crippen molar-refractivity contribution in [1.82, 2.24) is 0 Å². The minimum absolute atomic E-state index is 0.0286. The molecule has 0 bridgehead atoms. The van der Waals surface area contributed by atoms with Crippen molar-refractivity contribution >= 4 is 23.1 Å². The van der Waals surface area contributed by atoms with Gasteiger partial charge in [-0.1, -0.05) is 12.1 Å². The number of alkyl halides is 3. The summed E-state index contributed by atoms with van der Waals surface area (Å²) in [6.45, 7) is 0.993. The average Bonchev–Trinajstić information content (AvgIpc) is 2.59. The van der Waals surface area contributed by atoms with Crippen molar-refractivity contribution in [3.05, 3.63) is 53.6 Å². The quantitative estimate of drug-likeness (QED) is 0.770. The molecule has 0 spiro atoms. The van der Waals surface area contributed by atoms with Gasteiger partial charge < -0.3 is 15.0 Å². The number of carbonyl (C=O) groups is 2. The molecule has 144 valence electrons. The molecule has 2 rings (SSSR count). The van der Waals surface area contributed by atoms with Crippen LogP contribution in [-0.2, 0) is 11.0 Å². The Morgan fingerprint density at radius 3 is 2.41 bits per heavy atom. The van der Waals surface area contributed by atoms with Gasteiger partial charge in [0.1, 0.15) is 5.75 Å². The molecule has 5 nitrogen and oxygen atoms in total. The molecule has 2 aromatic rings. The zero-order chi connectivity index (χ0) is 20.2. The first-order valence-electron chi connectivity index (χ1n) is 8.00. The molecule has 0 aliphatic carbocycles. The number of rotatable bonds is 6. The van der Waals surface area contributed by atoms with Crippen molar-refractivity contribution in [2.75, 3.05) is 30.9 Å². The highest BCUT2D eigenvalue weighted by Gasteiger charge is 2.31. The lowest BCUT2D eigenvalue weighted by Crippen LogP contribution is -2.22. The predicted molar refractivity (Wildman–Crippen MR) is 96.3 cm³/mol. The summed E-state index contributed by atoms with van der Waals surface area (Å²) in [5.41, 5.74) is 0.0231. The van der Waals surface area contributed by atoms with E-state index in [1.165, 1.54) is 19.1 Å². The maximum atomic E-state index is 12.9. The number of ether oxygens (including phenoxy) is 1.